The Balaban J connectivity index is 1.72. The normalized spacial score (nSPS) is 16.1. The molecule has 0 saturated carbocycles. The Morgan fingerprint density at radius 2 is 1.52 bits per heavy atom. The third-order valence-electron chi connectivity index (χ3n) is 4.21. The average molecular weight is 328 g/mol. The molecule has 0 radical (unpaired) electrons. The van der Waals surface area contributed by atoms with Crippen molar-refractivity contribution in [3.8, 4) is 0 Å². The van der Waals surface area contributed by atoms with E-state index in [9.17, 15) is 13.2 Å². The van der Waals surface area contributed by atoms with Crippen LogP contribution in [0.5, 0.6) is 0 Å². The van der Waals surface area contributed by atoms with Gasteiger partial charge in [-0.3, -0.25) is 0 Å². The molecule has 1 fully saturated rings. The minimum atomic E-state index is -1.47. The van der Waals surface area contributed by atoms with Gasteiger partial charge in [-0.25, -0.2) is 13.2 Å². The summed E-state index contributed by atoms with van der Waals surface area (Å²) < 4.78 is 50.5. The van der Waals surface area contributed by atoms with Gasteiger partial charge in [0.2, 0.25) is 0 Å². The topological polar surface area (TPSA) is 18.5 Å². The quantitative estimate of drug-likeness (QED) is 0.404. The molecular formula is C17H24BF3O2. The third-order valence-corrected chi connectivity index (χ3v) is 4.21. The van der Waals surface area contributed by atoms with Crippen LogP contribution < -0.4 is 5.46 Å². The Hall–Kier alpha value is -1.01. The second-order valence-corrected chi connectivity index (χ2v) is 6.22. The lowest BCUT2D eigenvalue weighted by Gasteiger charge is -2.27. The van der Waals surface area contributed by atoms with Crippen molar-refractivity contribution >= 4 is 12.6 Å². The van der Waals surface area contributed by atoms with Gasteiger partial charge >= 0.3 is 7.12 Å². The minimum Gasteiger partial charge on any atom is -0.407 e. The smallest absolute Gasteiger partial charge is 0.407 e. The molecule has 2 rings (SSSR count). The third kappa shape index (κ3) is 5.53. The van der Waals surface area contributed by atoms with Crippen LogP contribution in [0.15, 0.2) is 12.1 Å². The van der Waals surface area contributed by atoms with E-state index in [1.54, 1.807) is 0 Å². The highest BCUT2D eigenvalue weighted by Gasteiger charge is 2.30. The number of benzene rings is 1. The fourth-order valence-corrected chi connectivity index (χ4v) is 2.83. The summed E-state index contributed by atoms with van der Waals surface area (Å²) in [7, 11) is -0.819. The Morgan fingerprint density at radius 3 is 2.13 bits per heavy atom. The highest BCUT2D eigenvalue weighted by atomic mass is 19.2. The van der Waals surface area contributed by atoms with Crippen molar-refractivity contribution in [1.29, 1.82) is 0 Å². The molecule has 1 aromatic rings. The summed E-state index contributed by atoms with van der Waals surface area (Å²) in [5.74, 6) is -3.60. The molecule has 1 aliphatic heterocycles. The summed E-state index contributed by atoms with van der Waals surface area (Å²) in [4.78, 5) is 0. The van der Waals surface area contributed by atoms with Crippen molar-refractivity contribution in [2.24, 2.45) is 5.92 Å². The van der Waals surface area contributed by atoms with Crippen LogP contribution in [-0.4, -0.2) is 20.3 Å². The molecule has 0 N–H and O–H groups in total. The molecule has 23 heavy (non-hydrogen) atoms. The van der Waals surface area contributed by atoms with E-state index in [1.165, 1.54) is 32.1 Å². The minimum absolute atomic E-state index is 0.180. The Morgan fingerprint density at radius 1 is 0.957 bits per heavy atom. The first-order chi connectivity index (χ1) is 11.1. The molecule has 6 heteroatoms. The fourth-order valence-electron chi connectivity index (χ4n) is 2.83. The molecule has 1 heterocycles. The van der Waals surface area contributed by atoms with Crippen molar-refractivity contribution in [3.63, 3.8) is 0 Å². The summed E-state index contributed by atoms with van der Waals surface area (Å²) in [6.45, 7) is 3.20. The molecule has 1 aromatic carbocycles. The monoisotopic (exact) mass is 328 g/mol. The van der Waals surface area contributed by atoms with E-state index >= 15 is 0 Å². The summed E-state index contributed by atoms with van der Waals surface area (Å²) >= 11 is 0. The second-order valence-electron chi connectivity index (χ2n) is 6.22. The zero-order valence-electron chi connectivity index (χ0n) is 13.6. The Bertz CT molecular complexity index is 468. The predicted octanol–water partition coefficient (Wildman–Crippen LogP) is 4.21. The van der Waals surface area contributed by atoms with Gasteiger partial charge in [-0.1, -0.05) is 45.4 Å². The molecule has 2 nitrogen and oxygen atoms in total. The van der Waals surface area contributed by atoms with Gasteiger partial charge in [-0.2, -0.15) is 0 Å². The summed E-state index contributed by atoms with van der Waals surface area (Å²) in [6.07, 6.45) is 8.49. The van der Waals surface area contributed by atoms with Gasteiger partial charge in [0.15, 0.2) is 17.5 Å². The van der Waals surface area contributed by atoms with Gasteiger partial charge in [0.1, 0.15) is 0 Å². The fraction of sp³-hybridized carbons (Fsp3) is 0.647. The predicted molar refractivity (Wildman–Crippen MR) is 85.1 cm³/mol. The number of rotatable bonds is 8. The SMILES string of the molecule is CCCCCCCCC1COB(c2cc(F)c(F)c(F)c2)OC1. The van der Waals surface area contributed by atoms with Crippen LogP contribution in [0.1, 0.15) is 51.9 Å². The van der Waals surface area contributed by atoms with Crippen molar-refractivity contribution in [2.75, 3.05) is 13.2 Å². The van der Waals surface area contributed by atoms with Crippen molar-refractivity contribution in [3.05, 3.63) is 29.6 Å². The summed E-state index contributed by atoms with van der Waals surface area (Å²) in [5, 5.41) is 0. The maximum absolute atomic E-state index is 13.2. The van der Waals surface area contributed by atoms with Crippen LogP contribution in [0.25, 0.3) is 0 Å². The average Bonchev–Trinajstić information content (AvgIpc) is 2.56. The maximum Gasteiger partial charge on any atom is 0.494 e. The molecule has 1 saturated heterocycles. The van der Waals surface area contributed by atoms with Gasteiger partial charge in [0.05, 0.1) is 0 Å². The van der Waals surface area contributed by atoms with E-state index in [1.807, 2.05) is 0 Å². The van der Waals surface area contributed by atoms with Crippen LogP contribution in [0.2, 0.25) is 0 Å². The lowest BCUT2D eigenvalue weighted by Crippen LogP contribution is -2.44. The molecule has 0 aliphatic carbocycles. The Kier molecular flexibility index (Phi) is 7.44. The standard InChI is InChI=1S/C17H24BF3O2/c1-2-3-4-5-6-7-8-13-11-22-18(23-12-13)14-9-15(19)17(21)16(20)10-14/h9-10,13H,2-8,11-12H2,1H3. The molecule has 0 atom stereocenters. The summed E-state index contributed by atoms with van der Waals surface area (Å²) in [6, 6.07) is 1.86. The molecule has 0 spiro atoms. The lowest BCUT2D eigenvalue weighted by molar-refractivity contribution is 0.0809. The molecule has 1 aliphatic rings. The number of hydrogen-bond acceptors (Lipinski definition) is 2. The number of halogens is 3. The van der Waals surface area contributed by atoms with Gasteiger partial charge in [0, 0.05) is 19.1 Å². The summed E-state index contributed by atoms with van der Waals surface area (Å²) in [5.41, 5.74) is 0.180. The first-order valence-corrected chi connectivity index (χ1v) is 8.49. The molecule has 0 amide bonds. The van der Waals surface area contributed by atoms with Crippen LogP contribution >= 0.6 is 0 Å². The van der Waals surface area contributed by atoms with E-state index in [2.05, 4.69) is 6.92 Å². The van der Waals surface area contributed by atoms with Crippen LogP contribution in [0, 0.1) is 23.4 Å². The van der Waals surface area contributed by atoms with Crippen molar-refractivity contribution in [1.82, 2.24) is 0 Å². The first kappa shape index (κ1) is 18.3. The second kappa shape index (κ2) is 9.33. The highest BCUT2D eigenvalue weighted by molar-refractivity contribution is 6.61. The van der Waals surface area contributed by atoms with Crippen LogP contribution in [0.4, 0.5) is 13.2 Å². The van der Waals surface area contributed by atoms with E-state index < -0.39 is 24.6 Å². The zero-order chi connectivity index (χ0) is 16.7. The van der Waals surface area contributed by atoms with E-state index in [0.717, 1.165) is 25.0 Å². The van der Waals surface area contributed by atoms with Gasteiger partial charge in [-0.05, 0) is 24.0 Å². The van der Waals surface area contributed by atoms with Crippen molar-refractivity contribution in [2.45, 2.75) is 51.9 Å². The number of unbranched alkanes of at least 4 members (excludes halogenated alkanes) is 5. The van der Waals surface area contributed by atoms with E-state index in [0.29, 0.717) is 19.1 Å². The number of hydrogen-bond donors (Lipinski definition) is 0. The van der Waals surface area contributed by atoms with E-state index in [4.69, 9.17) is 9.31 Å². The molecular weight excluding hydrogens is 304 g/mol. The first-order valence-electron chi connectivity index (χ1n) is 8.49. The molecule has 128 valence electrons. The highest BCUT2D eigenvalue weighted by Crippen LogP contribution is 2.18. The van der Waals surface area contributed by atoms with Crippen LogP contribution in [-0.2, 0) is 9.31 Å². The van der Waals surface area contributed by atoms with Crippen molar-refractivity contribution < 1.29 is 22.5 Å². The largest absolute Gasteiger partial charge is 0.494 e. The van der Waals surface area contributed by atoms with Gasteiger partial charge in [0.25, 0.3) is 0 Å². The van der Waals surface area contributed by atoms with Gasteiger partial charge < -0.3 is 9.31 Å². The van der Waals surface area contributed by atoms with E-state index in [-0.39, 0.29) is 5.46 Å². The molecule has 0 unspecified atom stereocenters. The molecule has 0 aromatic heterocycles. The molecule has 0 bridgehead atoms. The lowest BCUT2D eigenvalue weighted by atomic mass is 9.77. The Labute approximate surface area is 136 Å². The van der Waals surface area contributed by atoms with Gasteiger partial charge in [-0.15, -0.1) is 0 Å². The zero-order valence-corrected chi connectivity index (χ0v) is 13.6. The maximum atomic E-state index is 13.2. The van der Waals surface area contributed by atoms with Crippen LogP contribution in [0.3, 0.4) is 0 Å².